The molecule has 8 heteroatoms. The molecule has 0 N–H and O–H groups in total. The smallest absolute Gasteiger partial charge is 0.331 e. The number of ether oxygens (including phenoxy) is 2. The molecule has 0 bridgehead atoms. The summed E-state index contributed by atoms with van der Waals surface area (Å²) in [6.45, 7) is 2.84. The number of isocyanates is 2. The fourth-order valence-electron chi connectivity index (χ4n) is 0.909. The number of hydrogen-bond donors (Lipinski definition) is 0. The second kappa shape index (κ2) is 9.70. The van der Waals surface area contributed by atoms with Crippen molar-refractivity contribution in [3.63, 3.8) is 0 Å². The van der Waals surface area contributed by atoms with E-state index >= 15 is 0 Å². The van der Waals surface area contributed by atoms with Crippen molar-refractivity contribution in [2.75, 3.05) is 13.2 Å². The second-order valence-electron chi connectivity index (χ2n) is 3.48. The van der Waals surface area contributed by atoms with E-state index in [-0.39, 0.29) is 19.6 Å². The van der Waals surface area contributed by atoms with Crippen molar-refractivity contribution in [3.8, 4) is 0 Å². The first-order valence-electron chi connectivity index (χ1n) is 5.50. The second-order valence-corrected chi connectivity index (χ2v) is 3.48. The molecule has 0 aromatic heterocycles. The summed E-state index contributed by atoms with van der Waals surface area (Å²) in [5, 5.41) is 0. The molecule has 0 saturated heterocycles. The average molecular weight is 270 g/mol. The summed E-state index contributed by atoms with van der Waals surface area (Å²) < 4.78 is 9.51. The topological polar surface area (TPSA) is 111 Å². The lowest BCUT2D eigenvalue weighted by Gasteiger charge is -2.08. The van der Waals surface area contributed by atoms with Gasteiger partial charge >= 0.3 is 11.9 Å². The van der Waals surface area contributed by atoms with Crippen molar-refractivity contribution < 1.29 is 28.7 Å². The summed E-state index contributed by atoms with van der Waals surface area (Å²) in [4.78, 5) is 48.5. The standard InChI is InChI=1S/C11H14N2O6/c1-8(12-6-14)10(16)18-4-3-5-19-11(17)9(2)13-7-15/h8-9H,3-5H2,1-2H3. The van der Waals surface area contributed by atoms with Gasteiger partial charge in [0.05, 0.1) is 13.2 Å². The van der Waals surface area contributed by atoms with Gasteiger partial charge in [-0.3, -0.25) is 0 Å². The van der Waals surface area contributed by atoms with Crippen molar-refractivity contribution in [3.05, 3.63) is 0 Å². The van der Waals surface area contributed by atoms with E-state index in [9.17, 15) is 19.2 Å². The molecule has 2 unspecified atom stereocenters. The maximum absolute atomic E-state index is 11.2. The van der Waals surface area contributed by atoms with E-state index in [0.29, 0.717) is 0 Å². The Labute approximate surface area is 109 Å². The van der Waals surface area contributed by atoms with Gasteiger partial charge in [-0.2, -0.15) is 9.98 Å². The van der Waals surface area contributed by atoms with Crippen molar-refractivity contribution in [1.82, 2.24) is 0 Å². The number of carbonyl (C=O) groups is 2. The van der Waals surface area contributed by atoms with Gasteiger partial charge < -0.3 is 9.47 Å². The van der Waals surface area contributed by atoms with Crippen LogP contribution in [0.25, 0.3) is 0 Å². The third-order valence-electron chi connectivity index (χ3n) is 1.95. The molecule has 0 radical (unpaired) electrons. The predicted octanol–water partition coefficient (Wildman–Crippen LogP) is -0.0885. The minimum Gasteiger partial charge on any atom is -0.464 e. The molecule has 0 rings (SSSR count). The third kappa shape index (κ3) is 7.59. The van der Waals surface area contributed by atoms with Crippen molar-refractivity contribution in [1.29, 1.82) is 0 Å². The van der Waals surface area contributed by atoms with Gasteiger partial charge in [0, 0.05) is 6.42 Å². The Morgan fingerprint density at radius 1 is 0.947 bits per heavy atom. The lowest BCUT2D eigenvalue weighted by atomic mass is 10.3. The summed E-state index contributed by atoms with van der Waals surface area (Å²) in [7, 11) is 0. The highest BCUT2D eigenvalue weighted by atomic mass is 16.5. The minimum absolute atomic E-state index is 0.0240. The Morgan fingerprint density at radius 3 is 1.63 bits per heavy atom. The maximum Gasteiger partial charge on any atom is 0.331 e. The average Bonchev–Trinajstić information content (AvgIpc) is 2.38. The summed E-state index contributed by atoms with van der Waals surface area (Å²) >= 11 is 0. The van der Waals surface area contributed by atoms with Crippen molar-refractivity contribution in [2.45, 2.75) is 32.4 Å². The van der Waals surface area contributed by atoms with E-state index in [0.717, 1.165) is 0 Å². The molecule has 0 aromatic rings. The summed E-state index contributed by atoms with van der Waals surface area (Å²) in [6, 6.07) is -1.80. The minimum atomic E-state index is -0.901. The molecule has 0 amide bonds. The maximum atomic E-state index is 11.2. The highest BCUT2D eigenvalue weighted by Gasteiger charge is 2.14. The van der Waals surface area contributed by atoms with Gasteiger partial charge in [0.2, 0.25) is 12.2 Å². The van der Waals surface area contributed by atoms with Crippen molar-refractivity contribution >= 4 is 24.1 Å². The molecule has 0 spiro atoms. The van der Waals surface area contributed by atoms with E-state index < -0.39 is 24.0 Å². The van der Waals surface area contributed by atoms with Gasteiger partial charge in [0.15, 0.2) is 12.1 Å². The summed E-state index contributed by atoms with van der Waals surface area (Å²) in [5.41, 5.74) is 0. The number of hydrogen-bond acceptors (Lipinski definition) is 8. The van der Waals surface area contributed by atoms with Crippen molar-refractivity contribution in [2.24, 2.45) is 9.98 Å². The van der Waals surface area contributed by atoms with Gasteiger partial charge in [-0.1, -0.05) is 0 Å². The van der Waals surface area contributed by atoms with Gasteiger partial charge in [-0.15, -0.1) is 0 Å². The van der Waals surface area contributed by atoms with Crippen LogP contribution in [0.5, 0.6) is 0 Å². The summed E-state index contributed by atoms with van der Waals surface area (Å²) in [5.74, 6) is -1.32. The normalized spacial score (nSPS) is 12.3. The van der Waals surface area contributed by atoms with Crippen LogP contribution in [-0.4, -0.2) is 49.4 Å². The van der Waals surface area contributed by atoms with Crippen LogP contribution in [0.3, 0.4) is 0 Å². The molecule has 0 saturated carbocycles. The Balaban J connectivity index is 3.76. The van der Waals surface area contributed by atoms with Crippen LogP contribution in [0.1, 0.15) is 20.3 Å². The molecule has 0 aromatic carbocycles. The molecule has 0 aliphatic heterocycles. The zero-order valence-corrected chi connectivity index (χ0v) is 10.6. The van der Waals surface area contributed by atoms with Gasteiger partial charge in [-0.25, -0.2) is 19.2 Å². The zero-order chi connectivity index (χ0) is 14.7. The number of esters is 2. The number of aliphatic imine (C=N–C) groups is 2. The molecular formula is C11H14N2O6. The van der Waals surface area contributed by atoms with E-state index in [2.05, 4.69) is 9.98 Å². The number of carbonyl (C=O) groups excluding carboxylic acids is 4. The largest absolute Gasteiger partial charge is 0.464 e. The first-order valence-corrected chi connectivity index (χ1v) is 5.50. The van der Waals surface area contributed by atoms with Crippen LogP contribution >= 0.6 is 0 Å². The SMILES string of the molecule is CC(N=C=O)C(=O)OCCCOC(=O)C(C)N=C=O. The third-order valence-corrected chi connectivity index (χ3v) is 1.95. The lowest BCUT2D eigenvalue weighted by molar-refractivity contribution is -0.147. The molecule has 0 fully saturated rings. The molecule has 0 heterocycles. The monoisotopic (exact) mass is 270 g/mol. The summed E-state index contributed by atoms with van der Waals surface area (Å²) in [6.07, 6.45) is 2.79. The predicted molar refractivity (Wildman–Crippen MR) is 61.7 cm³/mol. The van der Waals surface area contributed by atoms with Crippen LogP contribution in [0.15, 0.2) is 9.98 Å². The van der Waals surface area contributed by atoms with Crippen LogP contribution < -0.4 is 0 Å². The molecule has 0 aliphatic carbocycles. The molecule has 2 atom stereocenters. The molecule has 0 aliphatic rings. The van der Waals surface area contributed by atoms with E-state index in [4.69, 9.17) is 9.47 Å². The fraction of sp³-hybridized carbons (Fsp3) is 0.636. The Kier molecular flexibility index (Phi) is 8.53. The van der Waals surface area contributed by atoms with Crippen LogP contribution in [0.4, 0.5) is 0 Å². The number of rotatable bonds is 8. The molecule has 104 valence electrons. The first-order chi connectivity index (χ1) is 9.02. The van der Waals surface area contributed by atoms with Gasteiger partial charge in [0.25, 0.3) is 0 Å². The fourth-order valence-corrected chi connectivity index (χ4v) is 0.909. The zero-order valence-electron chi connectivity index (χ0n) is 10.6. The lowest BCUT2D eigenvalue weighted by Crippen LogP contribution is -2.21. The Hall–Kier alpha value is -2.30. The van der Waals surface area contributed by atoms with E-state index in [1.54, 1.807) is 0 Å². The molecule has 8 nitrogen and oxygen atoms in total. The van der Waals surface area contributed by atoms with Crippen LogP contribution in [0.2, 0.25) is 0 Å². The molecular weight excluding hydrogens is 256 g/mol. The Morgan fingerprint density at radius 2 is 1.32 bits per heavy atom. The number of nitrogens with zero attached hydrogens (tertiary/aromatic N) is 2. The first kappa shape index (κ1) is 16.7. The Bertz CT molecular complexity index is 371. The quantitative estimate of drug-likeness (QED) is 0.264. The van der Waals surface area contributed by atoms with Crippen LogP contribution in [0, 0.1) is 0 Å². The highest BCUT2D eigenvalue weighted by Crippen LogP contribution is 1.96. The molecule has 19 heavy (non-hydrogen) atoms. The van der Waals surface area contributed by atoms with Gasteiger partial charge in [-0.05, 0) is 13.8 Å². The van der Waals surface area contributed by atoms with Crippen LogP contribution in [-0.2, 0) is 28.7 Å². The highest BCUT2D eigenvalue weighted by molar-refractivity contribution is 5.76. The van der Waals surface area contributed by atoms with E-state index in [1.165, 1.54) is 26.0 Å². The van der Waals surface area contributed by atoms with Gasteiger partial charge in [0.1, 0.15) is 0 Å². The van der Waals surface area contributed by atoms with E-state index in [1.807, 2.05) is 0 Å².